The summed E-state index contributed by atoms with van der Waals surface area (Å²) in [6.45, 7) is 5.46. The van der Waals surface area contributed by atoms with Gasteiger partial charge in [-0.25, -0.2) is 9.78 Å². The number of ether oxygens (including phenoxy) is 1. The van der Waals surface area contributed by atoms with Crippen molar-refractivity contribution in [2.24, 2.45) is 0 Å². The van der Waals surface area contributed by atoms with E-state index >= 15 is 0 Å². The van der Waals surface area contributed by atoms with Crippen molar-refractivity contribution >= 4 is 29.2 Å². The van der Waals surface area contributed by atoms with E-state index in [1.165, 1.54) is 6.42 Å². The van der Waals surface area contributed by atoms with Gasteiger partial charge >= 0.3 is 6.09 Å². The summed E-state index contributed by atoms with van der Waals surface area (Å²) >= 11 is 5.92. The molecule has 1 amide bonds. The second-order valence-corrected chi connectivity index (χ2v) is 7.97. The summed E-state index contributed by atoms with van der Waals surface area (Å²) in [7, 11) is 0. The van der Waals surface area contributed by atoms with Crippen LogP contribution in [0.25, 0.3) is 0 Å². The molecule has 1 heterocycles. The molecule has 0 bridgehead atoms. The Morgan fingerprint density at radius 3 is 2.54 bits per heavy atom. The van der Waals surface area contributed by atoms with Gasteiger partial charge in [-0.15, -0.1) is 0 Å². The molecule has 7 heteroatoms. The summed E-state index contributed by atoms with van der Waals surface area (Å²) in [6.07, 6.45) is 4.61. The van der Waals surface area contributed by atoms with E-state index in [2.05, 4.69) is 32.4 Å². The molecule has 28 heavy (non-hydrogen) atoms. The van der Waals surface area contributed by atoms with Crippen LogP contribution in [0.15, 0.2) is 30.5 Å². The van der Waals surface area contributed by atoms with Gasteiger partial charge in [0.1, 0.15) is 11.4 Å². The van der Waals surface area contributed by atoms with Crippen molar-refractivity contribution in [1.29, 1.82) is 0 Å². The molecule has 2 aromatic rings. The van der Waals surface area contributed by atoms with Gasteiger partial charge in [0.2, 0.25) is 5.28 Å². The van der Waals surface area contributed by atoms with Crippen LogP contribution < -0.4 is 10.6 Å². The predicted octanol–water partition coefficient (Wildman–Crippen LogP) is 4.84. The summed E-state index contributed by atoms with van der Waals surface area (Å²) < 4.78 is 5.24. The van der Waals surface area contributed by atoms with Crippen LogP contribution in [0.3, 0.4) is 0 Å². The van der Waals surface area contributed by atoms with E-state index in [1.54, 1.807) is 18.3 Å². The maximum Gasteiger partial charge on any atom is 0.412 e. The van der Waals surface area contributed by atoms with E-state index in [4.69, 9.17) is 16.3 Å². The highest BCUT2D eigenvalue weighted by Crippen LogP contribution is 2.24. The first kappa shape index (κ1) is 20.0. The number of anilines is 2. The molecule has 1 aliphatic rings. The minimum Gasteiger partial charge on any atom is -0.444 e. The number of halogens is 1. The SMILES string of the molecule is CC(C)(C)OC(=O)Nc1ccc(C#Cc2cnc(Cl)nc2NC2CCC2)cc1. The molecular weight excluding hydrogens is 376 g/mol. The summed E-state index contributed by atoms with van der Waals surface area (Å²) in [5.41, 5.74) is 1.61. The molecule has 0 saturated heterocycles. The topological polar surface area (TPSA) is 76.1 Å². The average molecular weight is 399 g/mol. The van der Waals surface area contributed by atoms with Crippen LogP contribution in [0.5, 0.6) is 0 Å². The van der Waals surface area contributed by atoms with E-state index in [1.807, 2.05) is 32.9 Å². The molecule has 0 spiro atoms. The van der Waals surface area contributed by atoms with E-state index in [-0.39, 0.29) is 5.28 Å². The molecule has 1 aromatic heterocycles. The second kappa shape index (κ2) is 8.49. The van der Waals surface area contributed by atoms with Crippen LogP contribution in [0, 0.1) is 11.8 Å². The average Bonchev–Trinajstić information content (AvgIpc) is 2.57. The number of amides is 1. The van der Waals surface area contributed by atoms with E-state index in [9.17, 15) is 4.79 Å². The van der Waals surface area contributed by atoms with Crippen LogP contribution in [-0.2, 0) is 4.74 Å². The minimum atomic E-state index is -0.540. The fourth-order valence-electron chi connectivity index (χ4n) is 2.51. The highest BCUT2D eigenvalue weighted by Gasteiger charge is 2.19. The maximum absolute atomic E-state index is 11.8. The van der Waals surface area contributed by atoms with Gasteiger partial charge in [0.15, 0.2) is 0 Å². The normalized spacial score (nSPS) is 13.7. The van der Waals surface area contributed by atoms with E-state index in [0.29, 0.717) is 23.1 Å². The molecule has 0 unspecified atom stereocenters. The maximum atomic E-state index is 11.8. The van der Waals surface area contributed by atoms with Gasteiger partial charge in [0.05, 0.1) is 5.56 Å². The zero-order valence-electron chi connectivity index (χ0n) is 16.2. The minimum absolute atomic E-state index is 0.199. The third-order valence-electron chi connectivity index (χ3n) is 4.08. The van der Waals surface area contributed by atoms with Crippen molar-refractivity contribution in [2.75, 3.05) is 10.6 Å². The van der Waals surface area contributed by atoms with Crippen molar-refractivity contribution < 1.29 is 9.53 Å². The zero-order chi connectivity index (χ0) is 20.1. The summed E-state index contributed by atoms with van der Waals surface area (Å²) in [4.78, 5) is 20.1. The predicted molar refractivity (Wildman–Crippen MR) is 111 cm³/mol. The first-order chi connectivity index (χ1) is 13.3. The van der Waals surface area contributed by atoms with Crippen molar-refractivity contribution in [2.45, 2.75) is 51.7 Å². The number of rotatable bonds is 3. The molecule has 146 valence electrons. The Bertz CT molecular complexity index is 907. The summed E-state index contributed by atoms with van der Waals surface area (Å²) in [6, 6.07) is 7.63. The fraction of sp³-hybridized carbons (Fsp3) is 0.381. The molecule has 1 aliphatic carbocycles. The molecular formula is C21H23ClN4O2. The quantitative estimate of drug-likeness (QED) is 0.571. The number of hydrogen-bond donors (Lipinski definition) is 2. The molecule has 0 aliphatic heterocycles. The van der Waals surface area contributed by atoms with Crippen molar-refractivity contribution in [3.63, 3.8) is 0 Å². The first-order valence-electron chi connectivity index (χ1n) is 9.20. The van der Waals surface area contributed by atoms with E-state index < -0.39 is 11.7 Å². The zero-order valence-corrected chi connectivity index (χ0v) is 16.9. The lowest BCUT2D eigenvalue weighted by atomic mass is 9.93. The number of hydrogen-bond acceptors (Lipinski definition) is 5. The lowest BCUT2D eigenvalue weighted by Crippen LogP contribution is -2.28. The molecule has 1 aromatic carbocycles. The van der Waals surface area contributed by atoms with Gasteiger partial charge < -0.3 is 10.1 Å². The fourth-order valence-corrected chi connectivity index (χ4v) is 2.64. The molecule has 1 saturated carbocycles. The standard InChI is InChI=1S/C21H23ClN4O2/c1-21(2,3)28-20(27)25-17-11-8-14(9-12-17)7-10-15-13-23-19(22)26-18(15)24-16-5-4-6-16/h8-9,11-13,16H,4-6H2,1-3H3,(H,25,27)(H,23,24,26). The van der Waals surface area contributed by atoms with Crippen molar-refractivity contribution in [1.82, 2.24) is 9.97 Å². The van der Waals surface area contributed by atoms with Gasteiger partial charge in [0.25, 0.3) is 0 Å². The van der Waals surface area contributed by atoms with Crippen LogP contribution in [0.4, 0.5) is 16.3 Å². The van der Waals surface area contributed by atoms with Crippen molar-refractivity contribution in [3.8, 4) is 11.8 Å². The van der Waals surface area contributed by atoms with Crippen LogP contribution in [0.1, 0.15) is 51.2 Å². The van der Waals surface area contributed by atoms with Crippen LogP contribution in [-0.4, -0.2) is 27.7 Å². The van der Waals surface area contributed by atoms with Crippen molar-refractivity contribution in [3.05, 3.63) is 46.9 Å². The highest BCUT2D eigenvalue weighted by molar-refractivity contribution is 6.28. The molecule has 0 atom stereocenters. The number of benzene rings is 1. The van der Waals surface area contributed by atoms with Gasteiger partial charge in [0, 0.05) is 23.5 Å². The number of carbonyl (C=O) groups is 1. The molecule has 6 nitrogen and oxygen atoms in total. The number of nitrogens with zero attached hydrogens (tertiary/aromatic N) is 2. The Kier molecular flexibility index (Phi) is 6.05. The second-order valence-electron chi connectivity index (χ2n) is 7.63. The molecule has 1 fully saturated rings. The van der Waals surface area contributed by atoms with Gasteiger partial charge in [-0.1, -0.05) is 11.8 Å². The van der Waals surface area contributed by atoms with Crippen LogP contribution in [0.2, 0.25) is 5.28 Å². The number of nitrogens with one attached hydrogen (secondary N) is 2. The smallest absolute Gasteiger partial charge is 0.412 e. The molecule has 3 rings (SSSR count). The summed E-state index contributed by atoms with van der Waals surface area (Å²) in [5.74, 6) is 6.85. The Balaban J connectivity index is 1.68. The van der Waals surface area contributed by atoms with Gasteiger partial charge in [-0.2, -0.15) is 4.98 Å². The molecule has 2 N–H and O–H groups in total. The Morgan fingerprint density at radius 2 is 1.93 bits per heavy atom. The van der Waals surface area contributed by atoms with Crippen LogP contribution >= 0.6 is 11.6 Å². The lowest BCUT2D eigenvalue weighted by Gasteiger charge is -2.27. The Morgan fingerprint density at radius 1 is 1.21 bits per heavy atom. The Labute approximate surface area is 170 Å². The van der Waals surface area contributed by atoms with Gasteiger partial charge in [-0.05, 0) is 75.9 Å². The third-order valence-corrected chi connectivity index (χ3v) is 4.26. The highest BCUT2D eigenvalue weighted by atomic mass is 35.5. The third kappa shape index (κ3) is 5.86. The number of aromatic nitrogens is 2. The molecule has 0 radical (unpaired) electrons. The van der Waals surface area contributed by atoms with Gasteiger partial charge in [-0.3, -0.25) is 5.32 Å². The Hall–Kier alpha value is -2.78. The lowest BCUT2D eigenvalue weighted by molar-refractivity contribution is 0.0636. The monoisotopic (exact) mass is 398 g/mol. The summed E-state index contributed by atoms with van der Waals surface area (Å²) in [5, 5.41) is 6.27. The first-order valence-corrected chi connectivity index (χ1v) is 9.57. The van der Waals surface area contributed by atoms with E-state index in [0.717, 1.165) is 18.4 Å². The largest absolute Gasteiger partial charge is 0.444 e. The number of carbonyl (C=O) groups excluding carboxylic acids is 1.